The van der Waals surface area contributed by atoms with Gasteiger partial charge in [0.05, 0.1) is 51.8 Å². The lowest BCUT2D eigenvalue weighted by atomic mass is 9.44. The van der Waals surface area contributed by atoms with Crippen LogP contribution in [0.1, 0.15) is 79.1 Å². The minimum Gasteiger partial charge on any atom is -0.394 e. The van der Waals surface area contributed by atoms with E-state index in [9.17, 15) is 86.8 Å². The zero-order valence-corrected chi connectivity index (χ0v) is 47.9. The molecule has 0 bridgehead atoms. The molecule has 3 saturated carbocycles. The van der Waals surface area contributed by atoms with Crippen LogP contribution in [0.2, 0.25) is 0 Å². The van der Waals surface area contributed by atoms with Crippen LogP contribution in [0, 0.1) is 46.3 Å². The van der Waals surface area contributed by atoms with E-state index >= 15 is 0 Å². The number of aliphatic hydroxyl groups excluding tert-OH is 16. The highest BCUT2D eigenvalue weighted by molar-refractivity contribution is 5.17. The maximum atomic E-state index is 12.9. The van der Waals surface area contributed by atoms with Crippen molar-refractivity contribution in [2.24, 2.45) is 46.3 Å². The monoisotopic (exact) mass is 1230 g/mol. The summed E-state index contributed by atoms with van der Waals surface area (Å²) in [5.41, 5.74) is -1.12. The zero-order chi connectivity index (χ0) is 61.1. The Morgan fingerprint density at radius 3 is 1.69 bits per heavy atom. The minimum atomic E-state index is -2.22. The Kier molecular flexibility index (Phi) is 19.2. The summed E-state index contributed by atoms with van der Waals surface area (Å²) in [5.74, 6) is -2.34. The molecular weight excluding hydrogens is 1140 g/mol. The summed E-state index contributed by atoms with van der Waals surface area (Å²) in [7, 11) is 0. The molecule has 1 spiro atoms. The summed E-state index contributed by atoms with van der Waals surface area (Å²) in [6, 6.07) is 0. The van der Waals surface area contributed by atoms with Gasteiger partial charge < -0.3 is 148 Å². The predicted molar refractivity (Wildman–Crippen MR) is 274 cm³/mol. The van der Waals surface area contributed by atoms with E-state index in [-0.39, 0.29) is 36.0 Å². The third-order valence-corrected chi connectivity index (χ3v) is 21.7. The molecule has 0 aromatic carbocycles. The van der Waals surface area contributed by atoms with Crippen LogP contribution < -0.4 is 0 Å². The third kappa shape index (κ3) is 11.1. The van der Waals surface area contributed by atoms with Gasteiger partial charge in [-0.05, 0) is 68.1 Å². The molecule has 0 radical (unpaired) electrons. The van der Waals surface area contributed by atoms with Gasteiger partial charge in [0.25, 0.3) is 0 Å². The van der Waals surface area contributed by atoms with Gasteiger partial charge in [-0.1, -0.05) is 27.7 Å². The fourth-order valence-electron chi connectivity index (χ4n) is 16.6. The van der Waals surface area contributed by atoms with Crippen LogP contribution in [0.25, 0.3) is 0 Å². The first kappa shape index (κ1) is 65.3. The highest BCUT2D eigenvalue weighted by atomic mass is 16.8. The van der Waals surface area contributed by atoms with Crippen LogP contribution in [-0.2, 0) is 61.6 Å². The van der Waals surface area contributed by atoms with E-state index in [1.54, 1.807) is 0 Å². The summed E-state index contributed by atoms with van der Waals surface area (Å²) in [5, 5.41) is 189. The van der Waals surface area contributed by atoms with Crippen molar-refractivity contribution in [1.82, 2.24) is 0 Å². The molecule has 3 aliphatic carbocycles. The van der Waals surface area contributed by atoms with Gasteiger partial charge in [-0.25, -0.2) is 0 Å². The molecule has 8 heterocycles. The van der Waals surface area contributed by atoms with Crippen LogP contribution >= 0.6 is 0 Å². The smallest absolute Gasteiger partial charge is 0.187 e. The highest BCUT2D eigenvalue weighted by Gasteiger charge is 2.77. The molecule has 30 heteroatoms. The number of aliphatic hydroxyl groups is 17. The molecule has 85 heavy (non-hydrogen) atoms. The van der Waals surface area contributed by atoms with E-state index in [0.29, 0.717) is 38.2 Å². The fourth-order valence-corrected chi connectivity index (χ4v) is 16.6. The molecule has 30 nitrogen and oxygen atoms in total. The SMILES string of the molecule is C[C@@H]1CC[C@@]2(OC1)O[C@H]1O[C@]3(O)[C@@H]4CC[C@H]5C[C@@H](O[C@@H]6OC(CO)[C@H](O[C@@H]7OC(CO)[C@H](O)[C@H](O[C@@H]8OC[C@@H](O)[C@@H](O)C8O)C7O[C@@H]7OC(CO)[C@H](O)[C@H](O[C@@H]8OC(CO)[C@@H](O)[C@@H](O)C8O)C7O)[C@@H](O)C6O)[C@H](O)C[C@]5(C)[C@H]4CC[C@]3(C)[C@H]1[C@@H]2C. The summed E-state index contributed by atoms with van der Waals surface area (Å²) in [6.07, 6.45) is -43.5. The normalized spacial score (nSPS) is 58.1. The maximum absolute atomic E-state index is 12.9. The first-order valence-corrected chi connectivity index (χ1v) is 30.1. The lowest BCUT2D eigenvalue weighted by molar-refractivity contribution is -0.410. The van der Waals surface area contributed by atoms with Gasteiger partial charge in [0, 0.05) is 29.6 Å². The zero-order valence-electron chi connectivity index (χ0n) is 47.9. The second kappa shape index (κ2) is 25.0. The Balaban J connectivity index is 0.798. The second-order valence-corrected chi connectivity index (χ2v) is 26.5. The van der Waals surface area contributed by atoms with Crippen LogP contribution in [0.5, 0.6) is 0 Å². The molecule has 8 aliphatic heterocycles. The van der Waals surface area contributed by atoms with Crippen LogP contribution in [0.4, 0.5) is 0 Å². The molecule has 11 aliphatic rings. The Morgan fingerprint density at radius 1 is 0.471 bits per heavy atom. The van der Waals surface area contributed by atoms with Gasteiger partial charge in [0.2, 0.25) is 0 Å². The third-order valence-electron chi connectivity index (χ3n) is 21.7. The van der Waals surface area contributed by atoms with Gasteiger partial charge in [0.1, 0.15) is 116 Å². The van der Waals surface area contributed by atoms with E-state index in [1.807, 2.05) is 0 Å². The van der Waals surface area contributed by atoms with E-state index < -0.39 is 221 Å². The number of hydrogen-bond acceptors (Lipinski definition) is 30. The first-order valence-electron chi connectivity index (χ1n) is 30.1. The molecule has 0 aromatic heterocycles. The first-order chi connectivity index (χ1) is 40.3. The molecule has 11 fully saturated rings. The molecule has 8 saturated heterocycles. The van der Waals surface area contributed by atoms with Gasteiger partial charge >= 0.3 is 0 Å². The van der Waals surface area contributed by atoms with Crippen molar-refractivity contribution >= 4 is 0 Å². The van der Waals surface area contributed by atoms with Crippen molar-refractivity contribution in [3.8, 4) is 0 Å². The lowest BCUT2D eigenvalue weighted by Gasteiger charge is -2.63. The molecule has 17 N–H and O–H groups in total. The van der Waals surface area contributed by atoms with Crippen molar-refractivity contribution in [2.75, 3.05) is 39.6 Å². The van der Waals surface area contributed by atoms with E-state index in [2.05, 4.69) is 27.7 Å². The summed E-state index contributed by atoms with van der Waals surface area (Å²) in [6.45, 7) is 4.73. The van der Waals surface area contributed by atoms with E-state index in [0.717, 1.165) is 19.3 Å². The molecule has 37 atom stereocenters. The minimum absolute atomic E-state index is 0.0219. The van der Waals surface area contributed by atoms with Crippen molar-refractivity contribution < 1.29 is 148 Å². The van der Waals surface area contributed by atoms with Crippen molar-refractivity contribution in [3.05, 3.63) is 0 Å². The Labute approximate surface area is 489 Å². The number of fused-ring (bicyclic) bond motifs is 7. The lowest BCUT2D eigenvalue weighted by Crippen LogP contribution is -2.69. The molecule has 0 amide bonds. The van der Waals surface area contributed by atoms with Crippen molar-refractivity contribution in [3.63, 3.8) is 0 Å². The highest BCUT2D eigenvalue weighted by Crippen LogP contribution is 2.72. The summed E-state index contributed by atoms with van der Waals surface area (Å²) < 4.78 is 79.2. The molecule has 9 unspecified atom stereocenters. The van der Waals surface area contributed by atoms with Crippen molar-refractivity contribution in [2.45, 2.75) is 257 Å². The fraction of sp³-hybridized carbons (Fsp3) is 1.00. The van der Waals surface area contributed by atoms with Crippen LogP contribution in [-0.4, -0.2) is 304 Å². The van der Waals surface area contributed by atoms with Gasteiger partial charge in [-0.3, -0.25) is 0 Å². The predicted octanol–water partition coefficient (Wildman–Crippen LogP) is -6.82. The van der Waals surface area contributed by atoms with Gasteiger partial charge in [-0.2, -0.15) is 0 Å². The number of ether oxygens (including phenoxy) is 13. The standard InChI is InChI=1S/C55H90O30/c1-19-7-10-54(74-17-19)20(2)31-46(84-54)85-55(72)23-6-5-21-11-26(24(60)12-52(21,3)22(23)8-9-53(31,55)4)75-48-40(70)37(67)42(30(16-59)79-48)80-51-45(44(35(65)29(15-58)78-51)82-47-38(68)32(62)25(61)18-73-47)83-50-41(71)43(34(64)28(14-57)77-50)81-49-39(69)36(66)33(63)27(13-56)76-49/h19-51,56-72H,5-18H2,1-4H3/t19-,20+,21+,22+,23-,24-,25-,26-,27?,28?,29?,30?,31+,32-,33-,34+,35+,36-,37+,38?,39?,40?,41?,42+,43+,44+,45?,46+,47+,48-,49+,50+,51+,52+,53-,54-,55-/m1/s1. The van der Waals surface area contributed by atoms with Gasteiger partial charge in [-0.15, -0.1) is 0 Å². The van der Waals surface area contributed by atoms with E-state index in [4.69, 9.17) is 61.6 Å². The second-order valence-electron chi connectivity index (χ2n) is 26.5. The maximum Gasteiger partial charge on any atom is 0.187 e. The molecule has 0 aromatic rings. The number of rotatable bonds is 14. The van der Waals surface area contributed by atoms with Crippen LogP contribution in [0.15, 0.2) is 0 Å². The molecule has 490 valence electrons. The Morgan fingerprint density at radius 2 is 1.04 bits per heavy atom. The molecular formula is C55H90O30. The van der Waals surface area contributed by atoms with Gasteiger partial charge in [0.15, 0.2) is 49.3 Å². The quantitative estimate of drug-likeness (QED) is 0.0719. The summed E-state index contributed by atoms with van der Waals surface area (Å²) in [4.78, 5) is 0. The van der Waals surface area contributed by atoms with Crippen LogP contribution in [0.3, 0.4) is 0 Å². The molecule has 11 rings (SSSR count). The van der Waals surface area contributed by atoms with Crippen molar-refractivity contribution in [1.29, 1.82) is 0 Å². The Hall–Kier alpha value is -1.20. The average molecular weight is 1230 g/mol. The average Bonchev–Trinajstić information content (AvgIpc) is 1.57. The topological polar surface area (TPSA) is 464 Å². The largest absolute Gasteiger partial charge is 0.394 e. The summed E-state index contributed by atoms with van der Waals surface area (Å²) >= 11 is 0. The number of hydrogen-bond donors (Lipinski definition) is 17. The Bertz CT molecular complexity index is 2230. The van der Waals surface area contributed by atoms with E-state index in [1.165, 1.54) is 0 Å².